The average Bonchev–Trinajstić information content (AvgIpc) is 2.98. The zero-order valence-electron chi connectivity index (χ0n) is 15.0. The van der Waals surface area contributed by atoms with Crippen LogP contribution in [0.25, 0.3) is 10.9 Å². The molecular weight excluding hydrogens is 356 g/mol. The smallest absolute Gasteiger partial charge is 0.241 e. The second-order valence-electron chi connectivity index (χ2n) is 6.48. The third-order valence-corrected chi connectivity index (χ3v) is 4.29. The zero-order chi connectivity index (χ0) is 17.8. The molecule has 1 unspecified atom stereocenters. The van der Waals surface area contributed by atoms with Crippen molar-refractivity contribution in [1.29, 1.82) is 0 Å². The number of rotatable bonds is 5. The summed E-state index contributed by atoms with van der Waals surface area (Å²) < 4.78 is 7.26. The molecular formula is C18H25ClN4O3. The van der Waals surface area contributed by atoms with Gasteiger partial charge in [0.05, 0.1) is 18.7 Å². The molecule has 2 N–H and O–H groups in total. The van der Waals surface area contributed by atoms with Crippen LogP contribution in [0.15, 0.2) is 30.5 Å². The van der Waals surface area contributed by atoms with Crippen LogP contribution in [0.4, 0.5) is 5.69 Å². The van der Waals surface area contributed by atoms with Gasteiger partial charge in [0.1, 0.15) is 6.54 Å². The SMILES string of the molecule is CN(C)C(=O)Cn1ccc2ccc(NC(=O)CC3COCCN3)cc21.Cl. The highest BCUT2D eigenvalue weighted by Crippen LogP contribution is 2.21. The lowest BCUT2D eigenvalue weighted by molar-refractivity contribution is -0.129. The Hall–Kier alpha value is -2.09. The second-order valence-corrected chi connectivity index (χ2v) is 6.48. The maximum Gasteiger partial charge on any atom is 0.241 e. The number of nitrogens with one attached hydrogen (secondary N) is 2. The summed E-state index contributed by atoms with van der Waals surface area (Å²) in [6.45, 7) is 2.30. The van der Waals surface area contributed by atoms with Crippen LogP contribution >= 0.6 is 12.4 Å². The van der Waals surface area contributed by atoms with Crippen molar-refractivity contribution in [1.82, 2.24) is 14.8 Å². The van der Waals surface area contributed by atoms with Gasteiger partial charge in [-0.25, -0.2) is 0 Å². The minimum Gasteiger partial charge on any atom is -0.378 e. The summed E-state index contributed by atoms with van der Waals surface area (Å²) in [5.74, 6) is -0.0277. The number of benzene rings is 1. The van der Waals surface area contributed by atoms with Crippen LogP contribution in [-0.2, 0) is 20.9 Å². The molecule has 26 heavy (non-hydrogen) atoms. The largest absolute Gasteiger partial charge is 0.378 e. The lowest BCUT2D eigenvalue weighted by atomic mass is 10.2. The fourth-order valence-electron chi connectivity index (χ4n) is 2.87. The van der Waals surface area contributed by atoms with E-state index in [1.54, 1.807) is 19.0 Å². The summed E-state index contributed by atoms with van der Waals surface area (Å²) in [7, 11) is 3.48. The molecule has 1 fully saturated rings. The van der Waals surface area contributed by atoms with E-state index in [1.165, 1.54) is 0 Å². The number of halogens is 1. The molecule has 2 heterocycles. The first kappa shape index (κ1) is 20.2. The van der Waals surface area contributed by atoms with Gasteiger partial charge in [-0.1, -0.05) is 6.07 Å². The summed E-state index contributed by atoms with van der Waals surface area (Å²) >= 11 is 0. The van der Waals surface area contributed by atoms with E-state index >= 15 is 0 Å². The molecule has 2 amide bonds. The number of aromatic nitrogens is 1. The van der Waals surface area contributed by atoms with Crippen LogP contribution in [0.2, 0.25) is 0 Å². The van der Waals surface area contributed by atoms with Gasteiger partial charge in [0, 0.05) is 45.0 Å². The van der Waals surface area contributed by atoms with Crippen LogP contribution in [0.5, 0.6) is 0 Å². The molecule has 3 rings (SSSR count). The Morgan fingerprint density at radius 2 is 2.15 bits per heavy atom. The molecule has 1 aliphatic heterocycles. The van der Waals surface area contributed by atoms with Crippen molar-refractivity contribution in [2.45, 2.75) is 19.0 Å². The number of anilines is 1. The summed E-state index contributed by atoms with van der Waals surface area (Å²) in [5.41, 5.74) is 1.65. The van der Waals surface area contributed by atoms with Gasteiger partial charge in [-0.3, -0.25) is 9.59 Å². The summed E-state index contributed by atoms with van der Waals surface area (Å²) in [4.78, 5) is 25.8. The Morgan fingerprint density at radius 3 is 2.85 bits per heavy atom. The van der Waals surface area contributed by atoms with E-state index in [0.29, 0.717) is 19.6 Å². The normalized spacial score (nSPS) is 16.8. The molecule has 0 radical (unpaired) electrons. The Morgan fingerprint density at radius 1 is 1.35 bits per heavy atom. The average molecular weight is 381 g/mol. The Kier molecular flexibility index (Phi) is 7.02. The number of likely N-dealkylation sites (N-methyl/N-ethyl adjacent to an activating group) is 1. The second kappa shape index (κ2) is 9.02. The van der Waals surface area contributed by atoms with E-state index in [9.17, 15) is 9.59 Å². The number of amides is 2. The van der Waals surface area contributed by atoms with Crippen molar-refractivity contribution in [3.63, 3.8) is 0 Å². The lowest BCUT2D eigenvalue weighted by Crippen LogP contribution is -2.43. The standard InChI is InChI=1S/C18H24N4O3.ClH/c1-21(2)18(24)11-22-7-5-13-3-4-14(9-16(13)22)20-17(23)10-15-12-25-8-6-19-15;/h3-5,7,9,15,19H,6,8,10-12H2,1-2H3,(H,20,23);1H. The molecule has 1 aliphatic rings. The maximum atomic E-state index is 12.2. The Balaban J connectivity index is 0.00000243. The Labute approximate surface area is 159 Å². The first-order chi connectivity index (χ1) is 12.0. The predicted octanol–water partition coefficient (Wildman–Crippen LogP) is 1.47. The van der Waals surface area contributed by atoms with Crippen LogP contribution in [0, 0.1) is 0 Å². The number of morpholine rings is 1. The van der Waals surface area contributed by atoms with E-state index in [2.05, 4.69) is 10.6 Å². The van der Waals surface area contributed by atoms with Gasteiger partial charge in [-0.05, 0) is 23.6 Å². The van der Waals surface area contributed by atoms with E-state index in [1.807, 2.05) is 35.0 Å². The highest BCUT2D eigenvalue weighted by Gasteiger charge is 2.17. The zero-order valence-corrected chi connectivity index (χ0v) is 15.8. The molecule has 0 saturated carbocycles. The number of carbonyl (C=O) groups is 2. The monoisotopic (exact) mass is 380 g/mol. The van der Waals surface area contributed by atoms with Gasteiger partial charge in [-0.15, -0.1) is 12.4 Å². The first-order valence-corrected chi connectivity index (χ1v) is 8.43. The summed E-state index contributed by atoms with van der Waals surface area (Å²) in [6.07, 6.45) is 2.26. The molecule has 7 nitrogen and oxygen atoms in total. The molecule has 0 bridgehead atoms. The highest BCUT2D eigenvalue weighted by molar-refractivity contribution is 5.94. The highest BCUT2D eigenvalue weighted by atomic mass is 35.5. The quantitative estimate of drug-likeness (QED) is 0.823. The fraction of sp³-hybridized carbons (Fsp3) is 0.444. The van der Waals surface area contributed by atoms with Crippen molar-refractivity contribution in [3.05, 3.63) is 30.5 Å². The van der Waals surface area contributed by atoms with Gasteiger partial charge >= 0.3 is 0 Å². The maximum absolute atomic E-state index is 12.2. The third-order valence-electron chi connectivity index (χ3n) is 4.29. The molecule has 142 valence electrons. The molecule has 1 atom stereocenters. The van der Waals surface area contributed by atoms with Gasteiger partial charge < -0.3 is 24.8 Å². The van der Waals surface area contributed by atoms with Gasteiger partial charge in [0.25, 0.3) is 0 Å². The fourth-order valence-corrected chi connectivity index (χ4v) is 2.87. The number of ether oxygens (including phenoxy) is 1. The van der Waals surface area contributed by atoms with Crippen molar-refractivity contribution in [2.24, 2.45) is 0 Å². The number of carbonyl (C=O) groups excluding carboxylic acids is 2. The number of hydrogen-bond acceptors (Lipinski definition) is 4. The molecule has 2 aromatic rings. The lowest BCUT2D eigenvalue weighted by Gasteiger charge is -2.23. The number of nitrogens with zero attached hydrogens (tertiary/aromatic N) is 2. The van der Waals surface area contributed by atoms with E-state index in [-0.39, 0.29) is 36.8 Å². The van der Waals surface area contributed by atoms with Gasteiger partial charge in [-0.2, -0.15) is 0 Å². The van der Waals surface area contributed by atoms with Gasteiger partial charge in [0.2, 0.25) is 11.8 Å². The topological polar surface area (TPSA) is 75.6 Å². The van der Waals surface area contributed by atoms with Crippen LogP contribution in [-0.4, -0.2) is 61.2 Å². The van der Waals surface area contributed by atoms with Crippen LogP contribution < -0.4 is 10.6 Å². The van der Waals surface area contributed by atoms with Crippen molar-refractivity contribution < 1.29 is 14.3 Å². The Bertz CT molecular complexity index is 769. The minimum atomic E-state index is -0.0511. The van der Waals surface area contributed by atoms with E-state index in [0.717, 1.165) is 23.1 Å². The van der Waals surface area contributed by atoms with Crippen LogP contribution in [0.3, 0.4) is 0 Å². The van der Waals surface area contributed by atoms with E-state index in [4.69, 9.17) is 4.74 Å². The van der Waals surface area contributed by atoms with Crippen molar-refractivity contribution in [3.8, 4) is 0 Å². The van der Waals surface area contributed by atoms with Crippen LogP contribution in [0.1, 0.15) is 6.42 Å². The van der Waals surface area contributed by atoms with Crippen molar-refractivity contribution in [2.75, 3.05) is 39.2 Å². The molecule has 0 spiro atoms. The molecule has 0 aliphatic carbocycles. The summed E-state index contributed by atoms with van der Waals surface area (Å²) in [6, 6.07) is 7.75. The molecule has 1 saturated heterocycles. The van der Waals surface area contributed by atoms with Gasteiger partial charge in [0.15, 0.2) is 0 Å². The molecule has 1 aromatic carbocycles. The minimum absolute atomic E-state index is 0. The number of hydrogen-bond donors (Lipinski definition) is 2. The number of fused-ring (bicyclic) bond motifs is 1. The third kappa shape index (κ3) is 4.97. The molecule has 1 aromatic heterocycles. The molecule has 8 heteroatoms. The van der Waals surface area contributed by atoms with Crippen molar-refractivity contribution >= 4 is 40.8 Å². The summed E-state index contributed by atoms with van der Waals surface area (Å²) in [5, 5.41) is 7.24. The predicted molar refractivity (Wildman–Crippen MR) is 104 cm³/mol. The van der Waals surface area contributed by atoms with E-state index < -0.39 is 0 Å². The first-order valence-electron chi connectivity index (χ1n) is 8.43.